The molecule has 62 valence electrons. The van der Waals surface area contributed by atoms with Gasteiger partial charge in [0, 0.05) is 17.8 Å². The molecular formula is C11H8N2. The molecule has 0 spiro atoms. The van der Waals surface area contributed by atoms with E-state index in [1.165, 1.54) is 11.5 Å². The molecule has 0 radical (unpaired) electrons. The molecule has 1 heterocycles. The van der Waals surface area contributed by atoms with Crippen molar-refractivity contribution in [3.05, 3.63) is 42.1 Å². The Kier molecular flexibility index (Phi) is 1.85. The normalized spacial score (nSPS) is 10.7. The van der Waals surface area contributed by atoms with Crippen molar-refractivity contribution in [1.82, 2.24) is 4.98 Å². The third-order valence-electron chi connectivity index (χ3n) is 1.93. The first-order chi connectivity index (χ1) is 6.40. The van der Waals surface area contributed by atoms with Crippen molar-refractivity contribution in [2.75, 3.05) is 0 Å². The van der Waals surface area contributed by atoms with Gasteiger partial charge in [0.15, 0.2) is 0 Å². The van der Waals surface area contributed by atoms with Crippen molar-refractivity contribution in [2.24, 2.45) is 0 Å². The molecule has 0 aliphatic rings. The summed E-state index contributed by atoms with van der Waals surface area (Å²) in [5.74, 6) is 0. The molecule has 0 aliphatic heterocycles. The minimum atomic E-state index is 1.05. The number of nitriles is 1. The van der Waals surface area contributed by atoms with Crippen LogP contribution in [0.2, 0.25) is 0 Å². The zero-order valence-electron chi connectivity index (χ0n) is 6.99. The molecule has 1 aromatic heterocycles. The molecule has 2 heteroatoms. The molecule has 2 aromatic rings. The lowest BCUT2D eigenvalue weighted by Gasteiger charge is -1.92. The van der Waals surface area contributed by atoms with Crippen LogP contribution >= 0.6 is 0 Å². The van der Waals surface area contributed by atoms with Gasteiger partial charge in [0.25, 0.3) is 0 Å². The highest BCUT2D eigenvalue weighted by molar-refractivity contribution is 5.81. The number of aromatic amines is 1. The highest BCUT2D eigenvalue weighted by Gasteiger charge is 1.93. The zero-order chi connectivity index (χ0) is 9.10. The first-order valence-electron chi connectivity index (χ1n) is 4.03. The number of H-pyrrole nitrogens is 1. The maximum absolute atomic E-state index is 8.36. The van der Waals surface area contributed by atoms with Gasteiger partial charge in [-0.1, -0.05) is 6.07 Å². The number of rotatable bonds is 1. The fourth-order valence-corrected chi connectivity index (χ4v) is 1.31. The summed E-state index contributed by atoms with van der Waals surface area (Å²) in [5, 5.41) is 9.52. The number of nitrogens with one attached hydrogen (secondary N) is 1. The maximum Gasteiger partial charge on any atom is 0.0912 e. The Bertz CT molecular complexity index is 486. The number of benzene rings is 1. The van der Waals surface area contributed by atoms with Crippen LogP contribution in [-0.2, 0) is 0 Å². The fourth-order valence-electron chi connectivity index (χ4n) is 1.31. The summed E-state index contributed by atoms with van der Waals surface area (Å²) >= 11 is 0. The molecule has 0 unspecified atom stereocenters. The van der Waals surface area contributed by atoms with Crippen LogP contribution in [0.5, 0.6) is 0 Å². The van der Waals surface area contributed by atoms with Gasteiger partial charge in [-0.25, -0.2) is 0 Å². The van der Waals surface area contributed by atoms with Crippen LogP contribution in [0.1, 0.15) is 5.56 Å². The molecule has 2 rings (SSSR count). The standard InChI is InChI=1S/C11H8N2/c12-6-1-2-9-3-4-11-10(8-9)5-7-13-11/h1-5,7-8,13H/b2-1+. The van der Waals surface area contributed by atoms with Crippen molar-refractivity contribution < 1.29 is 0 Å². The van der Waals surface area contributed by atoms with E-state index in [0.717, 1.165) is 11.1 Å². The molecule has 0 saturated carbocycles. The first kappa shape index (κ1) is 7.63. The highest BCUT2D eigenvalue weighted by atomic mass is 14.7. The van der Waals surface area contributed by atoms with Gasteiger partial charge in [-0.05, 0) is 35.2 Å². The maximum atomic E-state index is 8.36. The van der Waals surface area contributed by atoms with Crippen LogP contribution in [0, 0.1) is 11.3 Å². The molecule has 2 nitrogen and oxygen atoms in total. The number of nitrogens with zero attached hydrogens (tertiary/aromatic N) is 1. The predicted molar refractivity (Wildman–Crippen MR) is 52.9 cm³/mol. The number of allylic oxidation sites excluding steroid dienone is 1. The average Bonchev–Trinajstić information content (AvgIpc) is 2.61. The molecule has 1 aromatic carbocycles. The Morgan fingerprint density at radius 1 is 1.31 bits per heavy atom. The van der Waals surface area contributed by atoms with E-state index in [1.54, 1.807) is 6.08 Å². The highest BCUT2D eigenvalue weighted by Crippen LogP contribution is 2.14. The molecular weight excluding hydrogens is 160 g/mol. The monoisotopic (exact) mass is 168 g/mol. The van der Waals surface area contributed by atoms with E-state index >= 15 is 0 Å². The minimum Gasteiger partial charge on any atom is -0.361 e. The Labute approximate surface area is 76.1 Å². The summed E-state index contributed by atoms with van der Waals surface area (Å²) in [5.41, 5.74) is 2.17. The number of hydrogen-bond donors (Lipinski definition) is 1. The van der Waals surface area contributed by atoms with E-state index in [2.05, 4.69) is 4.98 Å². The van der Waals surface area contributed by atoms with Crippen LogP contribution < -0.4 is 0 Å². The summed E-state index contributed by atoms with van der Waals surface area (Å²) in [4.78, 5) is 3.11. The van der Waals surface area contributed by atoms with Gasteiger partial charge in [0.1, 0.15) is 0 Å². The van der Waals surface area contributed by atoms with Gasteiger partial charge in [-0.2, -0.15) is 5.26 Å². The van der Waals surface area contributed by atoms with Crippen LogP contribution in [0.25, 0.3) is 17.0 Å². The van der Waals surface area contributed by atoms with Crippen LogP contribution in [-0.4, -0.2) is 4.98 Å². The number of fused-ring (bicyclic) bond motifs is 1. The molecule has 1 N–H and O–H groups in total. The van der Waals surface area contributed by atoms with E-state index in [9.17, 15) is 0 Å². The minimum absolute atomic E-state index is 1.05. The van der Waals surface area contributed by atoms with Crippen molar-refractivity contribution in [1.29, 1.82) is 5.26 Å². The fraction of sp³-hybridized carbons (Fsp3) is 0. The second-order valence-electron chi connectivity index (χ2n) is 2.79. The van der Waals surface area contributed by atoms with Gasteiger partial charge >= 0.3 is 0 Å². The Hall–Kier alpha value is -2.01. The molecule has 13 heavy (non-hydrogen) atoms. The van der Waals surface area contributed by atoms with Gasteiger partial charge in [0.05, 0.1) is 6.07 Å². The predicted octanol–water partition coefficient (Wildman–Crippen LogP) is 2.70. The quantitative estimate of drug-likeness (QED) is 0.653. The van der Waals surface area contributed by atoms with Crippen LogP contribution in [0.3, 0.4) is 0 Å². The van der Waals surface area contributed by atoms with E-state index in [0.29, 0.717) is 0 Å². The third kappa shape index (κ3) is 1.45. The molecule has 0 bridgehead atoms. The Morgan fingerprint density at radius 3 is 3.08 bits per heavy atom. The molecule has 0 aliphatic carbocycles. The average molecular weight is 168 g/mol. The zero-order valence-corrected chi connectivity index (χ0v) is 6.99. The van der Waals surface area contributed by atoms with Crippen LogP contribution in [0.4, 0.5) is 0 Å². The van der Waals surface area contributed by atoms with Gasteiger partial charge in [-0.3, -0.25) is 0 Å². The Morgan fingerprint density at radius 2 is 2.23 bits per heavy atom. The lowest BCUT2D eigenvalue weighted by molar-refractivity contribution is 1.48. The third-order valence-corrected chi connectivity index (χ3v) is 1.93. The summed E-state index contributed by atoms with van der Waals surface area (Å²) in [7, 11) is 0. The van der Waals surface area contributed by atoms with Gasteiger partial charge in [0.2, 0.25) is 0 Å². The van der Waals surface area contributed by atoms with Crippen LogP contribution in [0.15, 0.2) is 36.5 Å². The van der Waals surface area contributed by atoms with Gasteiger partial charge < -0.3 is 4.98 Å². The van der Waals surface area contributed by atoms with Crippen molar-refractivity contribution in [3.8, 4) is 6.07 Å². The first-order valence-corrected chi connectivity index (χ1v) is 4.03. The largest absolute Gasteiger partial charge is 0.361 e. The van der Waals surface area contributed by atoms with Crippen molar-refractivity contribution >= 4 is 17.0 Å². The number of aromatic nitrogens is 1. The lowest BCUT2D eigenvalue weighted by Crippen LogP contribution is -1.71. The summed E-state index contributed by atoms with van der Waals surface area (Å²) in [6.07, 6.45) is 5.18. The molecule has 0 atom stereocenters. The SMILES string of the molecule is N#C/C=C/c1ccc2[nH]ccc2c1. The smallest absolute Gasteiger partial charge is 0.0912 e. The second-order valence-corrected chi connectivity index (χ2v) is 2.79. The van der Waals surface area contributed by atoms with E-state index in [4.69, 9.17) is 5.26 Å². The topological polar surface area (TPSA) is 39.6 Å². The lowest BCUT2D eigenvalue weighted by atomic mass is 10.1. The molecule has 0 amide bonds. The van der Waals surface area contributed by atoms with Crippen molar-refractivity contribution in [3.63, 3.8) is 0 Å². The molecule has 0 fully saturated rings. The number of hydrogen-bond acceptors (Lipinski definition) is 1. The van der Waals surface area contributed by atoms with E-state index in [-0.39, 0.29) is 0 Å². The summed E-state index contributed by atoms with van der Waals surface area (Å²) < 4.78 is 0. The van der Waals surface area contributed by atoms with E-state index < -0.39 is 0 Å². The van der Waals surface area contributed by atoms with Gasteiger partial charge in [-0.15, -0.1) is 0 Å². The van der Waals surface area contributed by atoms with E-state index in [1.807, 2.05) is 36.5 Å². The second kappa shape index (κ2) is 3.16. The summed E-state index contributed by atoms with van der Waals surface area (Å²) in [6.45, 7) is 0. The molecule has 0 saturated heterocycles. The Balaban J connectivity index is 2.49. The summed E-state index contributed by atoms with van der Waals surface area (Å²) in [6, 6.07) is 10.0. The van der Waals surface area contributed by atoms with Crippen molar-refractivity contribution in [2.45, 2.75) is 0 Å².